The van der Waals surface area contributed by atoms with Crippen molar-refractivity contribution in [2.24, 2.45) is 5.92 Å². The quantitative estimate of drug-likeness (QED) is 0.842. The summed E-state index contributed by atoms with van der Waals surface area (Å²) in [5.74, 6) is 1.03. The number of aryl methyl sites for hydroxylation is 1. The predicted molar refractivity (Wildman–Crippen MR) is 62.2 cm³/mol. The number of hydrogen-bond donors (Lipinski definition) is 1. The molecular formula is C12H17N3O3. The second kappa shape index (κ2) is 4.35. The van der Waals surface area contributed by atoms with Gasteiger partial charge in [-0.05, 0) is 19.8 Å². The predicted octanol–water partition coefficient (Wildman–Crippen LogP) is 0.817. The molecule has 3 rings (SSSR count). The Morgan fingerprint density at radius 2 is 2.28 bits per heavy atom. The van der Waals surface area contributed by atoms with Crippen LogP contribution in [0.15, 0.2) is 0 Å². The minimum Gasteiger partial charge on any atom is -0.481 e. The van der Waals surface area contributed by atoms with Crippen LogP contribution >= 0.6 is 0 Å². The van der Waals surface area contributed by atoms with Gasteiger partial charge in [0.25, 0.3) is 0 Å². The Kier molecular flexibility index (Phi) is 2.81. The molecule has 3 heterocycles. The molecular weight excluding hydrogens is 234 g/mol. The van der Waals surface area contributed by atoms with E-state index in [1.807, 2.05) is 11.5 Å². The summed E-state index contributed by atoms with van der Waals surface area (Å²) >= 11 is 0. The summed E-state index contributed by atoms with van der Waals surface area (Å²) in [6.07, 6.45) is 2.44. The Labute approximate surface area is 105 Å². The maximum absolute atomic E-state index is 11.1. The molecule has 1 N–H and O–H groups in total. The van der Waals surface area contributed by atoms with Crippen LogP contribution in [0.3, 0.4) is 0 Å². The van der Waals surface area contributed by atoms with E-state index in [1.165, 1.54) is 0 Å². The third-order valence-electron chi connectivity index (χ3n) is 4.03. The molecule has 2 aliphatic rings. The Hall–Kier alpha value is -1.43. The van der Waals surface area contributed by atoms with Crippen molar-refractivity contribution in [3.05, 3.63) is 11.6 Å². The van der Waals surface area contributed by atoms with Gasteiger partial charge in [0, 0.05) is 25.5 Å². The van der Waals surface area contributed by atoms with Crippen LogP contribution in [0.4, 0.5) is 0 Å². The fourth-order valence-electron chi connectivity index (χ4n) is 2.89. The van der Waals surface area contributed by atoms with Crippen molar-refractivity contribution in [2.75, 3.05) is 6.61 Å². The van der Waals surface area contributed by atoms with Gasteiger partial charge in [-0.3, -0.25) is 4.79 Å². The average molecular weight is 251 g/mol. The Bertz CT molecular complexity index is 471. The van der Waals surface area contributed by atoms with Gasteiger partial charge in [-0.25, -0.2) is 0 Å². The molecule has 1 fully saturated rings. The first-order valence-electron chi connectivity index (χ1n) is 6.43. The fourth-order valence-corrected chi connectivity index (χ4v) is 2.89. The third kappa shape index (κ3) is 1.80. The molecule has 6 nitrogen and oxygen atoms in total. The second-order valence-corrected chi connectivity index (χ2v) is 5.13. The smallest absolute Gasteiger partial charge is 0.308 e. The van der Waals surface area contributed by atoms with Crippen molar-refractivity contribution in [1.29, 1.82) is 0 Å². The lowest BCUT2D eigenvalue weighted by molar-refractivity contribution is -0.142. The SMILES string of the molecule is CC1OCCC1c1nnc2n1CC(C(=O)O)CC2. The molecule has 0 bridgehead atoms. The van der Waals surface area contributed by atoms with Crippen LogP contribution in [0, 0.1) is 5.92 Å². The van der Waals surface area contributed by atoms with Crippen molar-refractivity contribution in [3.8, 4) is 0 Å². The number of carboxylic acid groups (broad SMARTS) is 1. The zero-order valence-electron chi connectivity index (χ0n) is 10.4. The maximum Gasteiger partial charge on any atom is 0.308 e. The molecule has 0 radical (unpaired) electrons. The van der Waals surface area contributed by atoms with Gasteiger partial charge in [0.15, 0.2) is 0 Å². The van der Waals surface area contributed by atoms with Crippen LogP contribution in [-0.4, -0.2) is 38.6 Å². The lowest BCUT2D eigenvalue weighted by Gasteiger charge is -2.23. The van der Waals surface area contributed by atoms with Crippen LogP contribution < -0.4 is 0 Å². The lowest BCUT2D eigenvalue weighted by atomic mass is 9.97. The van der Waals surface area contributed by atoms with Crippen molar-refractivity contribution in [3.63, 3.8) is 0 Å². The number of nitrogens with zero attached hydrogens (tertiary/aromatic N) is 3. The first-order valence-corrected chi connectivity index (χ1v) is 6.43. The molecule has 0 aliphatic carbocycles. The van der Waals surface area contributed by atoms with Gasteiger partial charge in [0.1, 0.15) is 11.6 Å². The molecule has 2 aliphatic heterocycles. The van der Waals surface area contributed by atoms with Crippen molar-refractivity contribution in [1.82, 2.24) is 14.8 Å². The van der Waals surface area contributed by atoms with Crippen LogP contribution in [0.25, 0.3) is 0 Å². The molecule has 0 aromatic carbocycles. The number of aliphatic carboxylic acids is 1. The maximum atomic E-state index is 11.1. The van der Waals surface area contributed by atoms with Gasteiger partial charge < -0.3 is 14.4 Å². The summed E-state index contributed by atoms with van der Waals surface area (Å²) in [5.41, 5.74) is 0. The largest absolute Gasteiger partial charge is 0.481 e. The van der Waals surface area contributed by atoms with Crippen molar-refractivity contribution < 1.29 is 14.6 Å². The van der Waals surface area contributed by atoms with E-state index in [2.05, 4.69) is 10.2 Å². The van der Waals surface area contributed by atoms with Crippen molar-refractivity contribution >= 4 is 5.97 Å². The lowest BCUT2D eigenvalue weighted by Crippen LogP contribution is -2.29. The number of rotatable bonds is 2. The van der Waals surface area contributed by atoms with Gasteiger partial charge in [-0.1, -0.05) is 0 Å². The summed E-state index contributed by atoms with van der Waals surface area (Å²) < 4.78 is 7.56. The molecule has 1 saturated heterocycles. The standard InChI is InChI=1S/C12H17N3O3/c1-7-9(4-5-18-7)11-14-13-10-3-2-8(12(16)17)6-15(10)11/h7-9H,2-6H2,1H3,(H,16,17). The number of carbonyl (C=O) groups is 1. The number of hydrogen-bond acceptors (Lipinski definition) is 4. The molecule has 0 spiro atoms. The molecule has 3 unspecified atom stereocenters. The highest BCUT2D eigenvalue weighted by molar-refractivity contribution is 5.70. The van der Waals surface area contributed by atoms with Crippen molar-refractivity contribution in [2.45, 2.75) is 44.8 Å². The van der Waals surface area contributed by atoms with E-state index < -0.39 is 5.97 Å². The van der Waals surface area contributed by atoms with Crippen LogP contribution in [0.2, 0.25) is 0 Å². The van der Waals surface area contributed by atoms with Crippen LogP contribution in [-0.2, 0) is 22.5 Å². The summed E-state index contributed by atoms with van der Waals surface area (Å²) in [6, 6.07) is 0. The molecule has 1 aromatic rings. The summed E-state index contributed by atoms with van der Waals surface area (Å²) in [4.78, 5) is 11.1. The molecule has 98 valence electrons. The molecule has 0 amide bonds. The van der Waals surface area contributed by atoms with Gasteiger partial charge in [0.2, 0.25) is 0 Å². The van der Waals surface area contributed by atoms with E-state index in [-0.39, 0.29) is 17.9 Å². The Balaban J connectivity index is 1.90. The third-order valence-corrected chi connectivity index (χ3v) is 4.03. The van der Waals surface area contributed by atoms with Crippen LogP contribution in [0.5, 0.6) is 0 Å². The summed E-state index contributed by atoms with van der Waals surface area (Å²) in [5, 5.41) is 17.6. The highest BCUT2D eigenvalue weighted by atomic mass is 16.5. The Morgan fingerprint density at radius 1 is 1.44 bits per heavy atom. The molecule has 18 heavy (non-hydrogen) atoms. The minimum absolute atomic E-state index is 0.142. The summed E-state index contributed by atoms with van der Waals surface area (Å²) in [7, 11) is 0. The van der Waals surface area contributed by atoms with Gasteiger partial charge in [-0.15, -0.1) is 10.2 Å². The number of fused-ring (bicyclic) bond motifs is 1. The molecule has 1 aromatic heterocycles. The number of carboxylic acids is 1. The van der Waals surface area contributed by atoms with E-state index in [0.717, 1.165) is 24.7 Å². The Morgan fingerprint density at radius 3 is 2.94 bits per heavy atom. The van der Waals surface area contributed by atoms with Gasteiger partial charge in [0.05, 0.1) is 12.0 Å². The average Bonchev–Trinajstić information content (AvgIpc) is 2.93. The molecule has 6 heteroatoms. The molecule has 0 saturated carbocycles. The highest BCUT2D eigenvalue weighted by Crippen LogP contribution is 2.32. The van der Waals surface area contributed by atoms with E-state index in [1.54, 1.807) is 0 Å². The van der Waals surface area contributed by atoms with E-state index in [9.17, 15) is 4.79 Å². The normalized spacial score (nSPS) is 31.3. The van der Waals surface area contributed by atoms with E-state index in [0.29, 0.717) is 19.4 Å². The summed E-state index contributed by atoms with van der Waals surface area (Å²) in [6.45, 7) is 3.28. The zero-order valence-corrected chi connectivity index (χ0v) is 10.4. The van der Waals surface area contributed by atoms with Gasteiger partial charge in [-0.2, -0.15) is 0 Å². The van der Waals surface area contributed by atoms with E-state index >= 15 is 0 Å². The minimum atomic E-state index is -0.726. The van der Waals surface area contributed by atoms with Crippen LogP contribution in [0.1, 0.15) is 37.3 Å². The zero-order chi connectivity index (χ0) is 12.7. The van der Waals surface area contributed by atoms with E-state index in [4.69, 9.17) is 9.84 Å². The first-order chi connectivity index (χ1) is 8.66. The number of ether oxygens (including phenoxy) is 1. The van der Waals surface area contributed by atoms with Gasteiger partial charge >= 0.3 is 5.97 Å². The fraction of sp³-hybridized carbons (Fsp3) is 0.750. The highest BCUT2D eigenvalue weighted by Gasteiger charge is 2.34. The monoisotopic (exact) mass is 251 g/mol. The first kappa shape index (κ1) is 11.6. The topological polar surface area (TPSA) is 77.2 Å². The second-order valence-electron chi connectivity index (χ2n) is 5.13. The number of aromatic nitrogens is 3. The molecule has 3 atom stereocenters.